The Labute approximate surface area is 167 Å². The van der Waals surface area contributed by atoms with Gasteiger partial charge in [-0.05, 0) is 35.9 Å². The van der Waals surface area contributed by atoms with Crippen molar-refractivity contribution in [3.05, 3.63) is 77.9 Å². The topological polar surface area (TPSA) is 64.0 Å². The van der Waals surface area contributed by atoms with Gasteiger partial charge in [-0.2, -0.15) is 26.3 Å². The number of hydrogen-bond acceptors (Lipinski definition) is 3. The fourth-order valence-electron chi connectivity index (χ4n) is 2.56. The highest BCUT2D eigenvalue weighted by Crippen LogP contribution is 2.37. The van der Waals surface area contributed by atoms with Crippen molar-refractivity contribution in [2.75, 3.05) is 4.72 Å². The lowest BCUT2D eigenvalue weighted by molar-refractivity contribution is -0.143. The first-order chi connectivity index (χ1) is 13.8. The van der Waals surface area contributed by atoms with E-state index in [0.29, 0.717) is 6.54 Å². The van der Waals surface area contributed by atoms with Crippen molar-refractivity contribution in [1.82, 2.24) is 9.55 Å². The number of nitrogens with zero attached hydrogens (tertiary/aromatic N) is 2. The molecule has 160 valence electrons. The first-order valence-corrected chi connectivity index (χ1v) is 9.70. The van der Waals surface area contributed by atoms with E-state index in [1.54, 1.807) is 35.4 Å². The molecular formula is C18H13F6N3O2S. The first-order valence-electron chi connectivity index (χ1n) is 8.21. The highest BCUT2D eigenvalue weighted by Gasteiger charge is 2.38. The average molecular weight is 449 g/mol. The van der Waals surface area contributed by atoms with E-state index < -0.39 is 38.4 Å². The van der Waals surface area contributed by atoms with Crippen molar-refractivity contribution in [3.8, 4) is 0 Å². The van der Waals surface area contributed by atoms with E-state index >= 15 is 0 Å². The Morgan fingerprint density at radius 3 is 1.93 bits per heavy atom. The van der Waals surface area contributed by atoms with Gasteiger partial charge < -0.3 is 4.57 Å². The maximum Gasteiger partial charge on any atom is 0.416 e. The van der Waals surface area contributed by atoms with Gasteiger partial charge in [-0.1, -0.05) is 12.1 Å². The van der Waals surface area contributed by atoms with Gasteiger partial charge in [0.05, 0.1) is 22.3 Å². The Morgan fingerprint density at radius 2 is 1.47 bits per heavy atom. The van der Waals surface area contributed by atoms with E-state index in [0.717, 1.165) is 5.56 Å². The molecule has 0 saturated carbocycles. The molecule has 2 aromatic carbocycles. The van der Waals surface area contributed by atoms with Crippen molar-refractivity contribution < 1.29 is 34.8 Å². The van der Waals surface area contributed by atoms with Gasteiger partial charge in [0.25, 0.3) is 10.0 Å². The number of rotatable bonds is 5. The third kappa shape index (κ3) is 5.12. The molecule has 0 spiro atoms. The minimum atomic E-state index is -5.15. The van der Waals surface area contributed by atoms with E-state index in [4.69, 9.17) is 0 Å². The third-order valence-electron chi connectivity index (χ3n) is 4.00. The van der Waals surface area contributed by atoms with Gasteiger partial charge in [-0.3, -0.25) is 4.72 Å². The van der Waals surface area contributed by atoms with E-state index in [1.807, 2.05) is 4.72 Å². The Balaban J connectivity index is 1.89. The maximum absolute atomic E-state index is 13.0. The Hall–Kier alpha value is -3.02. The maximum atomic E-state index is 13.0. The molecule has 5 nitrogen and oxygen atoms in total. The first kappa shape index (κ1) is 21.7. The number of sulfonamides is 1. The van der Waals surface area contributed by atoms with E-state index in [1.165, 1.54) is 12.1 Å². The molecule has 30 heavy (non-hydrogen) atoms. The second-order valence-corrected chi connectivity index (χ2v) is 7.96. The standard InChI is InChI=1S/C18H13F6N3O2S/c19-17(20,21)13-7-14(18(22,23)24)9-16(8-13)30(28,29)26-15-3-1-12(2-4-15)10-27-6-5-25-11-27/h1-9,11,26H,10H2. The highest BCUT2D eigenvalue weighted by molar-refractivity contribution is 7.92. The summed E-state index contributed by atoms with van der Waals surface area (Å²) in [6.07, 6.45) is -5.45. The molecule has 0 aliphatic rings. The summed E-state index contributed by atoms with van der Waals surface area (Å²) >= 11 is 0. The van der Waals surface area contributed by atoms with E-state index in [2.05, 4.69) is 4.98 Å². The van der Waals surface area contributed by atoms with Crippen LogP contribution in [0.5, 0.6) is 0 Å². The molecule has 0 aliphatic heterocycles. The molecule has 3 rings (SSSR count). The van der Waals surface area contributed by atoms with Crippen LogP contribution in [-0.4, -0.2) is 18.0 Å². The fourth-order valence-corrected chi connectivity index (χ4v) is 3.69. The summed E-state index contributed by atoms with van der Waals surface area (Å²) in [4.78, 5) is 2.73. The SMILES string of the molecule is O=S(=O)(Nc1ccc(Cn2ccnc2)cc1)c1cc(C(F)(F)F)cc(C(F)(F)F)c1. The molecule has 1 aromatic heterocycles. The summed E-state index contributed by atoms with van der Waals surface area (Å²) in [5.74, 6) is 0. The number of alkyl halides is 6. The minimum Gasteiger partial charge on any atom is -0.333 e. The summed E-state index contributed by atoms with van der Waals surface area (Å²) in [6.45, 7) is 0.440. The summed E-state index contributed by atoms with van der Waals surface area (Å²) in [7, 11) is -4.71. The van der Waals surface area contributed by atoms with Crippen LogP contribution in [0.25, 0.3) is 0 Å². The summed E-state index contributed by atoms with van der Waals surface area (Å²) in [6, 6.07) is 6.00. The number of anilines is 1. The number of halogens is 6. The number of benzene rings is 2. The molecule has 12 heteroatoms. The smallest absolute Gasteiger partial charge is 0.333 e. The van der Waals surface area contributed by atoms with Crippen LogP contribution in [0.3, 0.4) is 0 Å². The van der Waals surface area contributed by atoms with Crippen LogP contribution in [0.2, 0.25) is 0 Å². The predicted octanol–water partition coefficient (Wildman–Crippen LogP) is 4.77. The zero-order chi connectivity index (χ0) is 22.2. The lowest BCUT2D eigenvalue weighted by Gasteiger charge is -2.15. The average Bonchev–Trinajstić information content (AvgIpc) is 3.14. The van der Waals surface area contributed by atoms with Gasteiger partial charge in [-0.15, -0.1) is 0 Å². The summed E-state index contributed by atoms with van der Waals surface area (Å²) in [5.41, 5.74) is -2.67. The molecule has 0 fully saturated rings. The Morgan fingerprint density at radius 1 is 0.900 bits per heavy atom. The zero-order valence-electron chi connectivity index (χ0n) is 14.9. The van der Waals surface area contributed by atoms with Gasteiger partial charge in [-0.25, -0.2) is 13.4 Å². The van der Waals surface area contributed by atoms with Crippen LogP contribution in [0.4, 0.5) is 32.0 Å². The van der Waals surface area contributed by atoms with Crippen molar-refractivity contribution in [2.45, 2.75) is 23.8 Å². The van der Waals surface area contributed by atoms with Crippen LogP contribution in [0, 0.1) is 0 Å². The number of nitrogens with one attached hydrogen (secondary N) is 1. The molecule has 0 amide bonds. The molecule has 1 heterocycles. The van der Waals surface area contributed by atoms with Gasteiger partial charge in [0, 0.05) is 24.6 Å². The van der Waals surface area contributed by atoms with Crippen LogP contribution >= 0.6 is 0 Å². The third-order valence-corrected chi connectivity index (χ3v) is 5.36. The van der Waals surface area contributed by atoms with Crippen molar-refractivity contribution in [2.24, 2.45) is 0 Å². The molecule has 3 aromatic rings. The molecule has 0 aliphatic carbocycles. The largest absolute Gasteiger partial charge is 0.416 e. The van der Waals surface area contributed by atoms with E-state index in [-0.39, 0.29) is 23.9 Å². The van der Waals surface area contributed by atoms with Crippen LogP contribution < -0.4 is 4.72 Å². The fraction of sp³-hybridized carbons (Fsp3) is 0.167. The summed E-state index contributed by atoms with van der Waals surface area (Å²) in [5, 5.41) is 0. The van der Waals surface area contributed by atoms with Crippen molar-refractivity contribution >= 4 is 15.7 Å². The second kappa shape index (κ2) is 7.67. The molecule has 0 atom stereocenters. The predicted molar refractivity (Wildman–Crippen MR) is 95.0 cm³/mol. The lowest BCUT2D eigenvalue weighted by atomic mass is 10.1. The minimum absolute atomic E-state index is 0.0182. The van der Waals surface area contributed by atoms with Crippen LogP contribution in [0.15, 0.2) is 66.1 Å². The normalized spacial score (nSPS) is 12.7. The monoisotopic (exact) mass is 449 g/mol. The number of aromatic nitrogens is 2. The van der Waals surface area contributed by atoms with E-state index in [9.17, 15) is 34.8 Å². The molecule has 0 radical (unpaired) electrons. The summed E-state index contributed by atoms with van der Waals surface area (Å²) < 4.78 is 106. The Bertz CT molecular complexity index is 1090. The van der Waals surface area contributed by atoms with Gasteiger partial charge in [0.2, 0.25) is 0 Å². The quantitative estimate of drug-likeness (QED) is 0.571. The Kier molecular flexibility index (Phi) is 5.54. The van der Waals surface area contributed by atoms with Crippen LogP contribution in [0.1, 0.15) is 16.7 Å². The van der Waals surface area contributed by atoms with Gasteiger partial charge >= 0.3 is 12.4 Å². The lowest BCUT2D eigenvalue weighted by Crippen LogP contribution is -2.17. The molecular weight excluding hydrogens is 436 g/mol. The molecule has 1 N–H and O–H groups in total. The molecule has 0 saturated heterocycles. The number of hydrogen-bond donors (Lipinski definition) is 1. The highest BCUT2D eigenvalue weighted by atomic mass is 32.2. The van der Waals surface area contributed by atoms with Gasteiger partial charge in [0.1, 0.15) is 0 Å². The molecule has 0 bridgehead atoms. The van der Waals surface area contributed by atoms with Crippen molar-refractivity contribution in [3.63, 3.8) is 0 Å². The van der Waals surface area contributed by atoms with Gasteiger partial charge in [0.15, 0.2) is 0 Å². The molecule has 0 unspecified atom stereocenters. The zero-order valence-corrected chi connectivity index (χ0v) is 15.7. The number of imidazole rings is 1. The van der Waals surface area contributed by atoms with Crippen LogP contribution in [-0.2, 0) is 28.9 Å². The van der Waals surface area contributed by atoms with Crippen molar-refractivity contribution in [1.29, 1.82) is 0 Å². The second-order valence-electron chi connectivity index (χ2n) is 6.28.